The minimum Gasteiger partial charge on any atom is -0.356 e. The molecule has 5 rings (SSSR count). The molecule has 8 nitrogen and oxygen atoms in total. The number of aromatic nitrogens is 5. The summed E-state index contributed by atoms with van der Waals surface area (Å²) < 4.78 is 7.63. The van der Waals surface area contributed by atoms with Crippen molar-refractivity contribution in [2.24, 2.45) is 0 Å². The number of hydrogen-bond donors (Lipinski definition) is 1. The Bertz CT molecular complexity index is 1260. The summed E-state index contributed by atoms with van der Waals surface area (Å²) in [6.45, 7) is 3.69. The lowest BCUT2D eigenvalue weighted by Gasteiger charge is -2.32. The molecule has 0 spiro atoms. The number of anilines is 1. The zero-order valence-electron chi connectivity index (χ0n) is 16.2. The van der Waals surface area contributed by atoms with E-state index < -0.39 is 0 Å². The summed E-state index contributed by atoms with van der Waals surface area (Å²) in [6.07, 6.45) is 2.56. The van der Waals surface area contributed by atoms with Crippen molar-refractivity contribution in [2.75, 3.05) is 11.4 Å². The van der Waals surface area contributed by atoms with E-state index in [9.17, 15) is 4.79 Å². The highest BCUT2D eigenvalue weighted by Crippen LogP contribution is 2.33. The van der Waals surface area contributed by atoms with Gasteiger partial charge in [0, 0.05) is 47.6 Å². The van der Waals surface area contributed by atoms with Crippen LogP contribution in [0, 0.1) is 0 Å². The van der Waals surface area contributed by atoms with Gasteiger partial charge >= 0.3 is 0 Å². The molecule has 3 aromatic heterocycles. The molecule has 0 amide bonds. The fraction of sp³-hybridized carbons (Fsp3) is 0.238. The van der Waals surface area contributed by atoms with Crippen molar-refractivity contribution in [3.63, 3.8) is 0 Å². The van der Waals surface area contributed by atoms with Gasteiger partial charge in [0.05, 0.1) is 6.04 Å². The van der Waals surface area contributed by atoms with Gasteiger partial charge in [0.15, 0.2) is 11.6 Å². The highest BCUT2D eigenvalue weighted by molar-refractivity contribution is 6.30. The zero-order valence-corrected chi connectivity index (χ0v) is 17.0. The van der Waals surface area contributed by atoms with Gasteiger partial charge in [-0.25, -0.2) is 0 Å². The Morgan fingerprint density at radius 1 is 1.13 bits per heavy atom. The van der Waals surface area contributed by atoms with Crippen LogP contribution in [0.15, 0.2) is 58.0 Å². The first-order valence-electron chi connectivity index (χ1n) is 9.71. The Morgan fingerprint density at radius 2 is 2.03 bits per heavy atom. The maximum atomic E-state index is 11.7. The van der Waals surface area contributed by atoms with Crippen LogP contribution in [0.5, 0.6) is 0 Å². The largest absolute Gasteiger partial charge is 0.356 e. The SMILES string of the molecule is CC(c1cc(-c2cccc(Cl)c2)on1)N1CCCn2c(-c3cc[nH]c(=O)c3)nnc21. The maximum Gasteiger partial charge on any atom is 0.248 e. The summed E-state index contributed by atoms with van der Waals surface area (Å²) in [5, 5.41) is 13.7. The molecule has 1 aliphatic rings. The number of nitrogens with zero attached hydrogens (tertiary/aromatic N) is 5. The van der Waals surface area contributed by atoms with Gasteiger partial charge in [-0.3, -0.25) is 9.36 Å². The molecule has 1 N–H and O–H groups in total. The molecule has 0 bridgehead atoms. The number of aromatic amines is 1. The highest BCUT2D eigenvalue weighted by atomic mass is 35.5. The second-order valence-electron chi connectivity index (χ2n) is 7.27. The lowest BCUT2D eigenvalue weighted by atomic mass is 10.1. The molecule has 0 saturated carbocycles. The van der Waals surface area contributed by atoms with Gasteiger partial charge < -0.3 is 14.4 Å². The summed E-state index contributed by atoms with van der Waals surface area (Å²) >= 11 is 6.09. The van der Waals surface area contributed by atoms with Crippen LogP contribution in [-0.4, -0.2) is 31.4 Å². The van der Waals surface area contributed by atoms with Crippen LogP contribution in [0.2, 0.25) is 5.02 Å². The summed E-state index contributed by atoms with van der Waals surface area (Å²) in [6, 6.07) is 12.7. The van der Waals surface area contributed by atoms with Crippen molar-refractivity contribution < 1.29 is 4.52 Å². The Hall–Kier alpha value is -3.39. The normalized spacial score (nSPS) is 14.5. The van der Waals surface area contributed by atoms with E-state index in [0.29, 0.717) is 16.6 Å². The molecule has 4 aromatic rings. The van der Waals surface area contributed by atoms with E-state index in [1.54, 1.807) is 6.20 Å². The third-order valence-corrected chi connectivity index (χ3v) is 5.57. The third-order valence-electron chi connectivity index (χ3n) is 5.34. The van der Waals surface area contributed by atoms with Crippen molar-refractivity contribution in [1.82, 2.24) is 24.9 Å². The number of rotatable bonds is 4. The van der Waals surface area contributed by atoms with Crippen LogP contribution in [0.4, 0.5) is 5.95 Å². The van der Waals surface area contributed by atoms with Crippen molar-refractivity contribution >= 4 is 17.5 Å². The van der Waals surface area contributed by atoms with E-state index in [2.05, 4.69) is 32.2 Å². The van der Waals surface area contributed by atoms with Gasteiger partial charge in [0.2, 0.25) is 11.5 Å². The van der Waals surface area contributed by atoms with Gasteiger partial charge in [-0.15, -0.1) is 10.2 Å². The van der Waals surface area contributed by atoms with Gasteiger partial charge in [-0.2, -0.15) is 0 Å². The molecule has 1 aliphatic heterocycles. The average molecular weight is 423 g/mol. The van der Waals surface area contributed by atoms with E-state index in [4.69, 9.17) is 16.1 Å². The number of halogens is 1. The quantitative estimate of drug-likeness (QED) is 0.536. The number of benzene rings is 1. The first-order chi connectivity index (χ1) is 14.6. The molecule has 152 valence electrons. The average Bonchev–Trinajstić information content (AvgIpc) is 3.41. The summed E-state index contributed by atoms with van der Waals surface area (Å²) in [4.78, 5) is 16.5. The molecule has 0 saturated heterocycles. The molecule has 0 aliphatic carbocycles. The molecule has 4 heterocycles. The molecule has 9 heteroatoms. The first-order valence-corrected chi connectivity index (χ1v) is 10.1. The Labute approximate surface area is 177 Å². The summed E-state index contributed by atoms with van der Waals surface area (Å²) in [5.74, 6) is 2.12. The van der Waals surface area contributed by atoms with E-state index in [0.717, 1.165) is 42.3 Å². The van der Waals surface area contributed by atoms with E-state index in [1.165, 1.54) is 6.07 Å². The predicted octanol–water partition coefficient (Wildman–Crippen LogP) is 3.91. The Balaban J connectivity index is 1.46. The monoisotopic (exact) mass is 422 g/mol. The second kappa shape index (κ2) is 7.46. The predicted molar refractivity (Wildman–Crippen MR) is 113 cm³/mol. The zero-order chi connectivity index (χ0) is 20.7. The van der Waals surface area contributed by atoms with Gasteiger partial charge in [0.25, 0.3) is 0 Å². The smallest absolute Gasteiger partial charge is 0.248 e. The topological polar surface area (TPSA) is 92.8 Å². The van der Waals surface area contributed by atoms with Crippen LogP contribution in [-0.2, 0) is 6.54 Å². The summed E-state index contributed by atoms with van der Waals surface area (Å²) in [5.41, 5.74) is 2.27. The third kappa shape index (κ3) is 3.29. The Kier molecular flexibility index (Phi) is 4.63. The van der Waals surface area contributed by atoms with Crippen LogP contribution in [0.1, 0.15) is 25.1 Å². The second-order valence-corrected chi connectivity index (χ2v) is 7.70. The maximum absolute atomic E-state index is 11.7. The minimum atomic E-state index is -0.165. The lowest BCUT2D eigenvalue weighted by Crippen LogP contribution is -2.35. The van der Waals surface area contributed by atoms with Crippen LogP contribution < -0.4 is 10.5 Å². The number of pyridine rings is 1. The molecule has 1 aromatic carbocycles. The standard InChI is InChI=1S/C21H19ClN6O2/c1-13(17-12-18(30-26-17)14-4-2-5-16(22)10-14)27-8-3-9-28-20(24-25-21(27)28)15-6-7-23-19(29)11-15/h2,4-7,10-13H,3,8-9H2,1H3,(H,23,29). The molecular weight excluding hydrogens is 404 g/mol. The van der Waals surface area contributed by atoms with Gasteiger partial charge in [0.1, 0.15) is 5.69 Å². The van der Waals surface area contributed by atoms with E-state index >= 15 is 0 Å². The van der Waals surface area contributed by atoms with Crippen molar-refractivity contribution in [1.29, 1.82) is 0 Å². The van der Waals surface area contributed by atoms with Crippen LogP contribution in [0.25, 0.3) is 22.7 Å². The fourth-order valence-electron chi connectivity index (χ4n) is 3.80. The van der Waals surface area contributed by atoms with Crippen molar-refractivity contribution in [3.05, 3.63) is 69.7 Å². The molecule has 0 radical (unpaired) electrons. The first kappa shape index (κ1) is 18.6. The van der Waals surface area contributed by atoms with Gasteiger partial charge in [-0.05, 0) is 31.5 Å². The number of H-pyrrole nitrogens is 1. The number of fused-ring (bicyclic) bond motifs is 1. The van der Waals surface area contributed by atoms with E-state index in [1.807, 2.05) is 41.0 Å². The minimum absolute atomic E-state index is 0.0584. The lowest BCUT2D eigenvalue weighted by molar-refractivity contribution is 0.412. The van der Waals surface area contributed by atoms with Gasteiger partial charge in [-0.1, -0.05) is 28.9 Å². The molecule has 1 unspecified atom stereocenters. The Morgan fingerprint density at radius 3 is 2.87 bits per heavy atom. The van der Waals surface area contributed by atoms with Crippen LogP contribution >= 0.6 is 11.6 Å². The van der Waals surface area contributed by atoms with E-state index in [-0.39, 0.29) is 11.6 Å². The molecule has 30 heavy (non-hydrogen) atoms. The highest BCUT2D eigenvalue weighted by Gasteiger charge is 2.29. The molecule has 0 fully saturated rings. The fourth-order valence-corrected chi connectivity index (χ4v) is 3.99. The van der Waals surface area contributed by atoms with Crippen molar-refractivity contribution in [2.45, 2.75) is 25.9 Å². The number of nitrogens with one attached hydrogen (secondary N) is 1. The molecule has 1 atom stereocenters. The summed E-state index contributed by atoms with van der Waals surface area (Å²) in [7, 11) is 0. The number of hydrogen-bond acceptors (Lipinski definition) is 6. The molecular formula is C21H19ClN6O2. The van der Waals surface area contributed by atoms with Crippen LogP contribution in [0.3, 0.4) is 0 Å². The van der Waals surface area contributed by atoms with Crippen molar-refractivity contribution in [3.8, 4) is 22.7 Å².